The maximum Gasteiger partial charge on any atom is 0.416 e. The Bertz CT molecular complexity index is 582. The van der Waals surface area contributed by atoms with E-state index < -0.39 is 22.0 Å². The molecular formula is C15H15BrF3NO. The van der Waals surface area contributed by atoms with Crippen molar-refractivity contribution in [3.05, 3.63) is 34.9 Å². The number of hydrogen-bond donors (Lipinski definition) is 0. The summed E-state index contributed by atoms with van der Waals surface area (Å²) in [6.07, 6.45) is -4.63. The Morgan fingerprint density at radius 2 is 1.90 bits per heavy atom. The molecule has 0 fully saturated rings. The van der Waals surface area contributed by atoms with E-state index in [-0.39, 0.29) is 23.3 Å². The molecule has 0 aromatic heterocycles. The van der Waals surface area contributed by atoms with E-state index in [0.29, 0.717) is 0 Å². The lowest BCUT2D eigenvalue weighted by atomic mass is 9.86. The fourth-order valence-electron chi connectivity index (χ4n) is 1.84. The van der Waals surface area contributed by atoms with Crippen LogP contribution in [0.3, 0.4) is 0 Å². The molecule has 1 aromatic carbocycles. The molecule has 1 rings (SSSR count). The van der Waals surface area contributed by atoms with Crippen molar-refractivity contribution < 1.29 is 18.0 Å². The SMILES string of the molecule is CC(C)(C)C(=O)C(Br)Cc1ccc(C#N)cc1C(F)(F)F. The van der Waals surface area contributed by atoms with Crippen molar-refractivity contribution >= 4 is 21.7 Å². The van der Waals surface area contributed by atoms with Crippen LogP contribution in [0.25, 0.3) is 0 Å². The average molecular weight is 362 g/mol. The second kappa shape index (κ2) is 6.18. The van der Waals surface area contributed by atoms with Gasteiger partial charge in [0.2, 0.25) is 0 Å². The summed E-state index contributed by atoms with van der Waals surface area (Å²) >= 11 is 3.17. The van der Waals surface area contributed by atoms with Crippen LogP contribution in [-0.4, -0.2) is 10.6 Å². The first-order valence-electron chi connectivity index (χ1n) is 6.25. The number of ketones is 1. The minimum atomic E-state index is -4.56. The van der Waals surface area contributed by atoms with E-state index in [2.05, 4.69) is 15.9 Å². The Hall–Kier alpha value is -1.35. The third kappa shape index (κ3) is 4.57. The topological polar surface area (TPSA) is 40.9 Å². The molecule has 21 heavy (non-hydrogen) atoms. The zero-order valence-electron chi connectivity index (χ0n) is 11.9. The smallest absolute Gasteiger partial charge is 0.298 e. The molecule has 6 heteroatoms. The molecule has 2 nitrogen and oxygen atoms in total. The number of rotatable bonds is 3. The van der Waals surface area contributed by atoms with Gasteiger partial charge in [-0.3, -0.25) is 4.79 Å². The molecule has 0 aliphatic rings. The molecule has 1 atom stereocenters. The molecule has 0 N–H and O–H groups in total. The number of nitriles is 1. The minimum Gasteiger partial charge on any atom is -0.298 e. The summed E-state index contributed by atoms with van der Waals surface area (Å²) in [5.41, 5.74) is -1.56. The van der Waals surface area contributed by atoms with E-state index in [1.807, 2.05) is 0 Å². The maximum absolute atomic E-state index is 13.0. The third-order valence-electron chi connectivity index (χ3n) is 2.97. The molecular weight excluding hydrogens is 347 g/mol. The van der Waals surface area contributed by atoms with Gasteiger partial charge in [0, 0.05) is 5.41 Å². The Morgan fingerprint density at radius 3 is 2.33 bits per heavy atom. The normalized spacial score (nSPS) is 13.6. The lowest BCUT2D eigenvalue weighted by molar-refractivity contribution is -0.138. The van der Waals surface area contributed by atoms with E-state index in [4.69, 9.17) is 5.26 Å². The van der Waals surface area contributed by atoms with E-state index in [1.54, 1.807) is 26.8 Å². The number of carbonyl (C=O) groups excluding carboxylic acids is 1. The Labute approximate surface area is 130 Å². The Morgan fingerprint density at radius 1 is 1.33 bits per heavy atom. The lowest BCUT2D eigenvalue weighted by Gasteiger charge is -2.22. The molecule has 114 valence electrons. The summed E-state index contributed by atoms with van der Waals surface area (Å²) in [6.45, 7) is 5.15. The van der Waals surface area contributed by atoms with Gasteiger partial charge in [-0.15, -0.1) is 0 Å². The number of benzene rings is 1. The van der Waals surface area contributed by atoms with Crippen LogP contribution in [0, 0.1) is 16.7 Å². The van der Waals surface area contributed by atoms with Crippen LogP contribution in [0.15, 0.2) is 18.2 Å². The first-order valence-corrected chi connectivity index (χ1v) is 7.17. The zero-order chi connectivity index (χ0) is 16.4. The molecule has 0 radical (unpaired) electrons. The number of Topliss-reactive ketones (excluding diaryl/α,β-unsaturated/α-hetero) is 1. The molecule has 0 spiro atoms. The summed E-state index contributed by atoms with van der Waals surface area (Å²) in [6, 6.07) is 5.09. The molecule has 0 aliphatic heterocycles. The second-order valence-electron chi connectivity index (χ2n) is 5.77. The highest BCUT2D eigenvalue weighted by atomic mass is 79.9. The van der Waals surface area contributed by atoms with Crippen molar-refractivity contribution in [2.24, 2.45) is 5.41 Å². The van der Waals surface area contributed by atoms with Crippen LogP contribution < -0.4 is 0 Å². The van der Waals surface area contributed by atoms with Crippen molar-refractivity contribution in [2.45, 2.75) is 38.2 Å². The maximum atomic E-state index is 13.0. The number of nitrogens with zero attached hydrogens (tertiary/aromatic N) is 1. The molecule has 0 saturated carbocycles. The predicted octanol–water partition coefficient (Wildman–Crippen LogP) is 4.50. The van der Waals surface area contributed by atoms with E-state index in [9.17, 15) is 18.0 Å². The fourth-order valence-corrected chi connectivity index (χ4v) is 2.88. The van der Waals surface area contributed by atoms with E-state index >= 15 is 0 Å². The van der Waals surface area contributed by atoms with Gasteiger partial charge in [-0.25, -0.2) is 0 Å². The van der Waals surface area contributed by atoms with E-state index in [0.717, 1.165) is 6.07 Å². The zero-order valence-corrected chi connectivity index (χ0v) is 13.5. The van der Waals surface area contributed by atoms with Crippen molar-refractivity contribution in [3.8, 4) is 6.07 Å². The highest BCUT2D eigenvalue weighted by Crippen LogP contribution is 2.34. The minimum absolute atomic E-state index is 0.000903. The predicted molar refractivity (Wildman–Crippen MR) is 77.0 cm³/mol. The number of hydrogen-bond acceptors (Lipinski definition) is 2. The third-order valence-corrected chi connectivity index (χ3v) is 3.71. The van der Waals surface area contributed by atoms with Crippen LogP contribution in [0.1, 0.15) is 37.5 Å². The lowest BCUT2D eigenvalue weighted by Crippen LogP contribution is -2.30. The molecule has 0 amide bonds. The first-order chi connectivity index (χ1) is 9.46. The van der Waals surface area contributed by atoms with Gasteiger partial charge in [0.15, 0.2) is 5.78 Å². The van der Waals surface area contributed by atoms with Gasteiger partial charge in [-0.1, -0.05) is 42.8 Å². The van der Waals surface area contributed by atoms with Crippen LogP contribution in [0.2, 0.25) is 0 Å². The van der Waals surface area contributed by atoms with Gasteiger partial charge >= 0.3 is 6.18 Å². The fraction of sp³-hybridized carbons (Fsp3) is 0.467. The van der Waals surface area contributed by atoms with Gasteiger partial charge in [-0.05, 0) is 24.1 Å². The highest BCUT2D eigenvalue weighted by Gasteiger charge is 2.35. The van der Waals surface area contributed by atoms with Crippen LogP contribution >= 0.6 is 15.9 Å². The van der Waals surface area contributed by atoms with Gasteiger partial charge in [-0.2, -0.15) is 18.4 Å². The van der Waals surface area contributed by atoms with Gasteiger partial charge < -0.3 is 0 Å². The molecule has 0 aliphatic carbocycles. The molecule has 1 aromatic rings. The Balaban J connectivity index is 3.15. The standard InChI is InChI=1S/C15H15BrF3NO/c1-14(2,3)13(21)12(16)7-10-5-4-9(8-20)6-11(10)15(17,18)19/h4-6,12H,7H2,1-3H3. The molecule has 0 heterocycles. The van der Waals surface area contributed by atoms with Crippen molar-refractivity contribution in [3.63, 3.8) is 0 Å². The van der Waals surface area contributed by atoms with Crippen molar-refractivity contribution in [2.75, 3.05) is 0 Å². The summed E-state index contributed by atoms with van der Waals surface area (Å²) < 4.78 is 39.1. The summed E-state index contributed by atoms with van der Waals surface area (Å²) in [5, 5.41) is 8.71. The molecule has 0 bridgehead atoms. The van der Waals surface area contributed by atoms with Crippen molar-refractivity contribution in [1.82, 2.24) is 0 Å². The number of halogens is 4. The second-order valence-corrected chi connectivity index (χ2v) is 6.87. The largest absolute Gasteiger partial charge is 0.416 e. The van der Waals surface area contributed by atoms with E-state index in [1.165, 1.54) is 12.1 Å². The average Bonchev–Trinajstić information content (AvgIpc) is 2.35. The van der Waals surface area contributed by atoms with Crippen LogP contribution in [0.4, 0.5) is 13.2 Å². The highest BCUT2D eigenvalue weighted by molar-refractivity contribution is 9.10. The summed E-state index contributed by atoms with van der Waals surface area (Å²) in [5.74, 6) is -0.167. The van der Waals surface area contributed by atoms with Crippen molar-refractivity contribution in [1.29, 1.82) is 5.26 Å². The van der Waals surface area contributed by atoms with Gasteiger partial charge in [0.1, 0.15) is 0 Å². The first kappa shape index (κ1) is 17.7. The Kier molecular flexibility index (Phi) is 5.21. The monoisotopic (exact) mass is 361 g/mol. The summed E-state index contributed by atoms with van der Waals surface area (Å²) in [7, 11) is 0. The van der Waals surface area contributed by atoms with Gasteiger partial charge in [0.25, 0.3) is 0 Å². The van der Waals surface area contributed by atoms with Crippen LogP contribution in [0.5, 0.6) is 0 Å². The quantitative estimate of drug-likeness (QED) is 0.743. The summed E-state index contributed by atoms with van der Waals surface area (Å²) in [4.78, 5) is 11.4. The number of alkyl halides is 4. The molecule has 1 unspecified atom stereocenters. The van der Waals surface area contributed by atoms with Crippen LogP contribution in [-0.2, 0) is 17.4 Å². The number of carbonyl (C=O) groups is 1. The molecule has 0 saturated heterocycles. The van der Waals surface area contributed by atoms with Gasteiger partial charge in [0.05, 0.1) is 22.0 Å².